The van der Waals surface area contributed by atoms with Gasteiger partial charge in [0.05, 0.1) is 0 Å². The average molecular weight is 209 g/mol. The molecular formula is C14H27N. The molecule has 0 aromatic rings. The third-order valence-electron chi connectivity index (χ3n) is 4.77. The molecule has 0 spiro atoms. The molecule has 2 aliphatic rings. The van der Waals surface area contributed by atoms with E-state index in [-0.39, 0.29) is 0 Å². The summed E-state index contributed by atoms with van der Waals surface area (Å²) < 4.78 is 0. The molecule has 15 heavy (non-hydrogen) atoms. The molecule has 3 unspecified atom stereocenters. The Bertz CT molecular complexity index is 216. The molecule has 0 amide bonds. The number of hydrogen-bond donors (Lipinski definition) is 0. The summed E-state index contributed by atoms with van der Waals surface area (Å²) in [7, 11) is 2.31. The quantitative estimate of drug-likeness (QED) is 0.638. The van der Waals surface area contributed by atoms with Crippen LogP contribution in [0.3, 0.4) is 0 Å². The predicted molar refractivity (Wildman–Crippen MR) is 65.9 cm³/mol. The topological polar surface area (TPSA) is 3.24 Å². The van der Waals surface area contributed by atoms with Crippen LogP contribution >= 0.6 is 0 Å². The highest BCUT2D eigenvalue weighted by atomic mass is 15.2. The molecule has 1 saturated carbocycles. The van der Waals surface area contributed by atoms with Crippen LogP contribution in [-0.4, -0.2) is 24.5 Å². The normalized spacial score (nSPS) is 38.8. The van der Waals surface area contributed by atoms with Crippen LogP contribution in [0.25, 0.3) is 0 Å². The number of rotatable bonds is 1. The summed E-state index contributed by atoms with van der Waals surface area (Å²) in [6.45, 7) is 8.65. The van der Waals surface area contributed by atoms with Gasteiger partial charge in [0.25, 0.3) is 0 Å². The van der Waals surface area contributed by atoms with E-state index >= 15 is 0 Å². The first-order chi connectivity index (χ1) is 7.00. The summed E-state index contributed by atoms with van der Waals surface area (Å²) in [6, 6.07) is 0.912. The number of nitrogens with zero attached hydrogens (tertiary/aromatic N) is 1. The Morgan fingerprint density at radius 1 is 1.00 bits per heavy atom. The lowest BCUT2D eigenvalue weighted by atomic mass is 9.62. The molecule has 2 rings (SSSR count). The molecule has 1 heteroatoms. The summed E-state index contributed by atoms with van der Waals surface area (Å²) in [6.07, 6.45) is 7.35. The monoisotopic (exact) mass is 209 g/mol. The Kier molecular flexibility index (Phi) is 3.12. The van der Waals surface area contributed by atoms with Gasteiger partial charge in [-0.15, -0.1) is 0 Å². The van der Waals surface area contributed by atoms with Crippen LogP contribution in [0.5, 0.6) is 0 Å². The third-order valence-corrected chi connectivity index (χ3v) is 4.77. The van der Waals surface area contributed by atoms with Gasteiger partial charge < -0.3 is 4.90 Å². The zero-order chi connectivity index (χ0) is 11.1. The number of likely N-dealkylation sites (tertiary alicyclic amines) is 1. The van der Waals surface area contributed by atoms with Crippen molar-refractivity contribution in [2.24, 2.45) is 17.3 Å². The molecular weight excluding hydrogens is 182 g/mol. The molecule has 2 fully saturated rings. The molecule has 1 aliphatic heterocycles. The Morgan fingerprint density at radius 3 is 2.13 bits per heavy atom. The summed E-state index contributed by atoms with van der Waals surface area (Å²) in [4.78, 5) is 2.58. The standard InChI is InChI=1S/C14H27N/c1-14(2,3)12-8-6-5-7-11(12)13-9-10-15(13)4/h11-13H,5-10H2,1-4H3. The van der Waals surface area contributed by atoms with Crippen LogP contribution in [0.15, 0.2) is 0 Å². The molecule has 1 heterocycles. The first-order valence-electron chi connectivity index (χ1n) is 6.70. The van der Waals surface area contributed by atoms with Gasteiger partial charge in [0.2, 0.25) is 0 Å². The van der Waals surface area contributed by atoms with E-state index in [1.807, 2.05) is 0 Å². The van der Waals surface area contributed by atoms with Crippen molar-refractivity contribution in [3.05, 3.63) is 0 Å². The molecule has 1 nitrogen and oxygen atoms in total. The first kappa shape index (κ1) is 11.4. The van der Waals surface area contributed by atoms with Crippen molar-refractivity contribution >= 4 is 0 Å². The van der Waals surface area contributed by atoms with E-state index in [0.29, 0.717) is 5.41 Å². The zero-order valence-corrected chi connectivity index (χ0v) is 10.9. The second-order valence-electron chi connectivity index (χ2n) is 6.76. The molecule has 3 atom stereocenters. The van der Waals surface area contributed by atoms with Gasteiger partial charge >= 0.3 is 0 Å². The average Bonchev–Trinajstić information content (AvgIpc) is 2.15. The second-order valence-corrected chi connectivity index (χ2v) is 6.76. The van der Waals surface area contributed by atoms with Crippen LogP contribution in [0.2, 0.25) is 0 Å². The Hall–Kier alpha value is -0.0400. The SMILES string of the molecule is CN1CCC1C1CCCCC1C(C)(C)C. The smallest absolute Gasteiger partial charge is 0.0135 e. The molecule has 88 valence electrons. The lowest BCUT2D eigenvalue weighted by molar-refractivity contribution is -0.0101. The number of hydrogen-bond acceptors (Lipinski definition) is 1. The summed E-state index contributed by atoms with van der Waals surface area (Å²) in [5.41, 5.74) is 0.515. The minimum atomic E-state index is 0.515. The Morgan fingerprint density at radius 2 is 1.67 bits per heavy atom. The maximum atomic E-state index is 2.58. The van der Waals surface area contributed by atoms with Gasteiger partial charge in [-0.3, -0.25) is 0 Å². The van der Waals surface area contributed by atoms with E-state index in [4.69, 9.17) is 0 Å². The highest BCUT2D eigenvalue weighted by Crippen LogP contribution is 2.46. The van der Waals surface area contributed by atoms with Gasteiger partial charge in [-0.2, -0.15) is 0 Å². The predicted octanol–water partition coefficient (Wildman–Crippen LogP) is 3.54. The maximum absolute atomic E-state index is 2.58. The lowest BCUT2D eigenvalue weighted by Gasteiger charge is -2.51. The minimum Gasteiger partial charge on any atom is -0.303 e. The highest BCUT2D eigenvalue weighted by molar-refractivity contribution is 4.94. The first-order valence-corrected chi connectivity index (χ1v) is 6.70. The van der Waals surface area contributed by atoms with Crippen LogP contribution in [0.4, 0.5) is 0 Å². The van der Waals surface area contributed by atoms with E-state index in [0.717, 1.165) is 17.9 Å². The van der Waals surface area contributed by atoms with Crippen LogP contribution < -0.4 is 0 Å². The second kappa shape index (κ2) is 4.08. The maximum Gasteiger partial charge on any atom is 0.0135 e. The van der Waals surface area contributed by atoms with Gasteiger partial charge in [-0.25, -0.2) is 0 Å². The van der Waals surface area contributed by atoms with Gasteiger partial charge in [-0.1, -0.05) is 33.6 Å². The molecule has 0 radical (unpaired) electrons. The molecule has 1 saturated heterocycles. The van der Waals surface area contributed by atoms with Gasteiger partial charge in [-0.05, 0) is 50.1 Å². The fourth-order valence-corrected chi connectivity index (χ4v) is 3.77. The van der Waals surface area contributed by atoms with Crippen molar-refractivity contribution in [3.63, 3.8) is 0 Å². The van der Waals surface area contributed by atoms with E-state index in [9.17, 15) is 0 Å². The van der Waals surface area contributed by atoms with Crippen molar-refractivity contribution < 1.29 is 0 Å². The van der Waals surface area contributed by atoms with Crippen LogP contribution in [0, 0.1) is 17.3 Å². The van der Waals surface area contributed by atoms with Crippen LogP contribution in [0.1, 0.15) is 52.9 Å². The summed E-state index contributed by atoms with van der Waals surface area (Å²) in [5.74, 6) is 1.94. The Labute approximate surface area is 95.2 Å². The van der Waals surface area contributed by atoms with Gasteiger partial charge in [0.1, 0.15) is 0 Å². The van der Waals surface area contributed by atoms with Crippen molar-refractivity contribution in [2.45, 2.75) is 58.9 Å². The lowest BCUT2D eigenvalue weighted by Crippen LogP contribution is -2.53. The largest absolute Gasteiger partial charge is 0.303 e. The summed E-state index contributed by atoms with van der Waals surface area (Å²) in [5, 5.41) is 0. The van der Waals surface area contributed by atoms with Crippen molar-refractivity contribution in [1.29, 1.82) is 0 Å². The minimum absolute atomic E-state index is 0.515. The van der Waals surface area contributed by atoms with Gasteiger partial charge in [0, 0.05) is 6.04 Å². The van der Waals surface area contributed by atoms with Crippen LogP contribution in [-0.2, 0) is 0 Å². The molecule has 0 aromatic carbocycles. The third kappa shape index (κ3) is 2.22. The van der Waals surface area contributed by atoms with E-state index < -0.39 is 0 Å². The van der Waals surface area contributed by atoms with Crippen molar-refractivity contribution in [1.82, 2.24) is 4.90 Å². The molecule has 0 aromatic heterocycles. The fourth-order valence-electron chi connectivity index (χ4n) is 3.77. The fraction of sp³-hybridized carbons (Fsp3) is 1.00. The zero-order valence-electron chi connectivity index (χ0n) is 10.9. The van der Waals surface area contributed by atoms with E-state index in [2.05, 4.69) is 32.7 Å². The van der Waals surface area contributed by atoms with E-state index in [1.165, 1.54) is 38.6 Å². The van der Waals surface area contributed by atoms with E-state index in [1.54, 1.807) is 0 Å². The Balaban J connectivity index is 2.06. The molecule has 0 N–H and O–H groups in total. The van der Waals surface area contributed by atoms with Crippen molar-refractivity contribution in [3.8, 4) is 0 Å². The molecule has 1 aliphatic carbocycles. The highest BCUT2D eigenvalue weighted by Gasteiger charge is 2.42. The molecule has 0 bridgehead atoms. The van der Waals surface area contributed by atoms with Crippen molar-refractivity contribution in [2.75, 3.05) is 13.6 Å². The van der Waals surface area contributed by atoms with Gasteiger partial charge in [0.15, 0.2) is 0 Å². The summed E-state index contributed by atoms with van der Waals surface area (Å²) >= 11 is 0.